The van der Waals surface area contributed by atoms with Gasteiger partial charge in [-0.15, -0.1) is 11.3 Å². The van der Waals surface area contributed by atoms with Crippen molar-refractivity contribution in [2.75, 3.05) is 6.54 Å². The molecular formula is C14H21N3O2S. The van der Waals surface area contributed by atoms with Crippen molar-refractivity contribution in [2.45, 2.75) is 46.7 Å². The Hall–Kier alpha value is -1.43. The maximum Gasteiger partial charge on any atom is 0.246 e. The van der Waals surface area contributed by atoms with Crippen LogP contribution in [0, 0.1) is 12.3 Å². The Labute approximate surface area is 123 Å². The van der Waals surface area contributed by atoms with Gasteiger partial charge in [-0.2, -0.15) is 0 Å². The normalized spacial score (nSPS) is 20.8. The van der Waals surface area contributed by atoms with E-state index in [2.05, 4.69) is 10.3 Å². The molecule has 1 atom stereocenters. The van der Waals surface area contributed by atoms with Gasteiger partial charge in [-0.05, 0) is 12.3 Å². The molecule has 5 nitrogen and oxygen atoms in total. The summed E-state index contributed by atoms with van der Waals surface area (Å²) in [5, 5.41) is 5.80. The Kier molecular flexibility index (Phi) is 4.13. The molecule has 0 aromatic carbocycles. The average molecular weight is 295 g/mol. The maximum absolute atomic E-state index is 12.6. The van der Waals surface area contributed by atoms with Crippen molar-refractivity contribution >= 4 is 23.2 Å². The smallest absolute Gasteiger partial charge is 0.246 e. The van der Waals surface area contributed by atoms with Gasteiger partial charge in [0.1, 0.15) is 6.04 Å². The van der Waals surface area contributed by atoms with Crippen molar-refractivity contribution in [3.05, 3.63) is 16.1 Å². The highest BCUT2D eigenvalue weighted by Gasteiger charge is 2.37. The molecule has 20 heavy (non-hydrogen) atoms. The van der Waals surface area contributed by atoms with Gasteiger partial charge >= 0.3 is 0 Å². The molecule has 1 fully saturated rings. The van der Waals surface area contributed by atoms with E-state index in [-0.39, 0.29) is 17.2 Å². The molecule has 1 saturated heterocycles. The number of aryl methyl sites for hydroxylation is 1. The molecule has 0 radical (unpaired) electrons. The second-order valence-corrected chi connectivity index (χ2v) is 7.30. The van der Waals surface area contributed by atoms with Crippen molar-refractivity contribution in [3.63, 3.8) is 0 Å². The van der Waals surface area contributed by atoms with Gasteiger partial charge in [-0.3, -0.25) is 9.59 Å². The Bertz CT molecular complexity index is 519. The second kappa shape index (κ2) is 5.52. The van der Waals surface area contributed by atoms with E-state index in [1.807, 2.05) is 33.1 Å². The summed E-state index contributed by atoms with van der Waals surface area (Å²) in [7, 11) is 0. The van der Waals surface area contributed by atoms with Crippen LogP contribution in [0.25, 0.3) is 0 Å². The number of carbonyl (C=O) groups excluding carboxylic acids is 2. The molecule has 110 valence electrons. The van der Waals surface area contributed by atoms with Crippen molar-refractivity contribution in [3.8, 4) is 0 Å². The average Bonchev–Trinajstić information content (AvgIpc) is 2.68. The van der Waals surface area contributed by atoms with Crippen molar-refractivity contribution in [2.24, 2.45) is 5.41 Å². The first-order valence-electron chi connectivity index (χ1n) is 6.76. The highest BCUT2D eigenvalue weighted by Crippen LogP contribution is 2.24. The van der Waals surface area contributed by atoms with E-state index in [0.717, 1.165) is 10.7 Å². The Morgan fingerprint density at radius 1 is 1.45 bits per heavy atom. The summed E-state index contributed by atoms with van der Waals surface area (Å²) < 4.78 is 0. The van der Waals surface area contributed by atoms with E-state index < -0.39 is 6.04 Å². The molecule has 2 rings (SSSR count). The van der Waals surface area contributed by atoms with E-state index >= 15 is 0 Å². The predicted molar refractivity (Wildman–Crippen MR) is 78.3 cm³/mol. The number of aromatic nitrogens is 1. The summed E-state index contributed by atoms with van der Waals surface area (Å²) >= 11 is 1.57. The summed E-state index contributed by atoms with van der Waals surface area (Å²) in [6.45, 7) is 8.77. The zero-order valence-corrected chi connectivity index (χ0v) is 13.2. The minimum Gasteiger partial charge on any atom is -0.344 e. The van der Waals surface area contributed by atoms with Gasteiger partial charge < -0.3 is 10.2 Å². The first-order chi connectivity index (χ1) is 9.27. The molecule has 1 unspecified atom stereocenters. The lowest BCUT2D eigenvalue weighted by molar-refractivity contribution is -0.136. The third kappa shape index (κ3) is 3.36. The quantitative estimate of drug-likeness (QED) is 0.903. The third-order valence-electron chi connectivity index (χ3n) is 3.36. The molecular weight excluding hydrogens is 274 g/mol. The standard InChI is InChI=1S/C14H21N3O2S/c1-9-15-10(8-20-9)7-17-6-5-11(18)16-12(13(17)19)14(2,3)4/h8,12H,5-7H2,1-4H3,(H,16,18). The first kappa shape index (κ1) is 15.0. The second-order valence-electron chi connectivity index (χ2n) is 6.23. The Balaban J connectivity index is 2.19. The fraction of sp³-hybridized carbons (Fsp3) is 0.643. The number of nitrogens with zero attached hydrogens (tertiary/aromatic N) is 2. The topological polar surface area (TPSA) is 62.3 Å². The molecule has 2 heterocycles. The van der Waals surface area contributed by atoms with Gasteiger partial charge in [0.15, 0.2) is 0 Å². The van der Waals surface area contributed by atoms with Crippen LogP contribution in [0.3, 0.4) is 0 Å². The summed E-state index contributed by atoms with van der Waals surface area (Å²) in [6.07, 6.45) is 0.349. The van der Waals surface area contributed by atoms with Gasteiger partial charge in [-0.25, -0.2) is 4.98 Å². The molecule has 0 aliphatic carbocycles. The van der Waals surface area contributed by atoms with Crippen molar-refractivity contribution in [1.29, 1.82) is 0 Å². The lowest BCUT2D eigenvalue weighted by Gasteiger charge is -2.32. The molecule has 1 aromatic rings. The number of amides is 2. The van der Waals surface area contributed by atoms with E-state index in [1.165, 1.54) is 0 Å². The largest absolute Gasteiger partial charge is 0.344 e. The number of thiazole rings is 1. The van der Waals surface area contributed by atoms with Crippen LogP contribution < -0.4 is 5.32 Å². The van der Waals surface area contributed by atoms with Gasteiger partial charge in [0, 0.05) is 18.3 Å². The van der Waals surface area contributed by atoms with Crippen LogP contribution in [0.1, 0.15) is 37.9 Å². The molecule has 1 N–H and O–H groups in total. The number of hydrogen-bond donors (Lipinski definition) is 1. The summed E-state index contributed by atoms with van der Waals surface area (Å²) in [5.74, 6) is -0.0794. The van der Waals surface area contributed by atoms with Crippen LogP contribution in [-0.2, 0) is 16.1 Å². The molecule has 6 heteroatoms. The summed E-state index contributed by atoms with van der Waals surface area (Å²) in [4.78, 5) is 30.6. The highest BCUT2D eigenvalue weighted by atomic mass is 32.1. The van der Waals surface area contributed by atoms with Gasteiger partial charge in [-0.1, -0.05) is 20.8 Å². The number of carbonyl (C=O) groups is 2. The molecule has 2 amide bonds. The zero-order chi connectivity index (χ0) is 14.9. The van der Waals surface area contributed by atoms with Crippen molar-refractivity contribution in [1.82, 2.24) is 15.2 Å². The molecule has 0 bridgehead atoms. The lowest BCUT2D eigenvalue weighted by atomic mass is 9.86. The van der Waals surface area contributed by atoms with Gasteiger partial charge in [0.05, 0.1) is 17.2 Å². The number of hydrogen-bond acceptors (Lipinski definition) is 4. The summed E-state index contributed by atoms with van der Waals surface area (Å²) in [6, 6.07) is -0.475. The number of rotatable bonds is 2. The third-order valence-corrected chi connectivity index (χ3v) is 4.18. The van der Waals surface area contributed by atoms with Gasteiger partial charge in [0.2, 0.25) is 11.8 Å². The first-order valence-corrected chi connectivity index (χ1v) is 7.64. The van der Waals surface area contributed by atoms with E-state index in [9.17, 15) is 9.59 Å². The van der Waals surface area contributed by atoms with E-state index in [0.29, 0.717) is 19.5 Å². The fourth-order valence-electron chi connectivity index (χ4n) is 2.24. The van der Waals surface area contributed by atoms with E-state index in [4.69, 9.17) is 0 Å². The van der Waals surface area contributed by atoms with Crippen LogP contribution in [0.2, 0.25) is 0 Å². The predicted octanol–water partition coefficient (Wildman–Crippen LogP) is 1.71. The summed E-state index contributed by atoms with van der Waals surface area (Å²) in [5.41, 5.74) is 0.593. The monoisotopic (exact) mass is 295 g/mol. The fourth-order valence-corrected chi connectivity index (χ4v) is 2.85. The van der Waals surface area contributed by atoms with Crippen LogP contribution in [0.5, 0.6) is 0 Å². The molecule has 1 aliphatic heterocycles. The number of nitrogens with one attached hydrogen (secondary N) is 1. The molecule has 1 aromatic heterocycles. The Morgan fingerprint density at radius 3 is 2.70 bits per heavy atom. The highest BCUT2D eigenvalue weighted by molar-refractivity contribution is 7.09. The molecule has 1 aliphatic rings. The lowest BCUT2D eigenvalue weighted by Crippen LogP contribution is -2.51. The zero-order valence-electron chi connectivity index (χ0n) is 12.4. The van der Waals surface area contributed by atoms with Gasteiger partial charge in [0.25, 0.3) is 0 Å². The van der Waals surface area contributed by atoms with Crippen LogP contribution in [0.15, 0.2) is 5.38 Å². The van der Waals surface area contributed by atoms with Crippen molar-refractivity contribution < 1.29 is 9.59 Å². The molecule has 0 saturated carbocycles. The van der Waals surface area contributed by atoms with E-state index in [1.54, 1.807) is 16.2 Å². The SMILES string of the molecule is Cc1nc(CN2CCC(=O)NC(C(C)(C)C)C2=O)cs1. The van der Waals surface area contributed by atoms with Crippen LogP contribution >= 0.6 is 11.3 Å². The van der Waals surface area contributed by atoms with Crippen LogP contribution in [0.4, 0.5) is 0 Å². The Morgan fingerprint density at radius 2 is 2.15 bits per heavy atom. The van der Waals surface area contributed by atoms with Crippen LogP contribution in [-0.4, -0.2) is 34.3 Å². The minimum absolute atomic E-state index is 0.0194. The minimum atomic E-state index is -0.475. The molecule has 0 spiro atoms. The maximum atomic E-state index is 12.6.